The van der Waals surface area contributed by atoms with Crippen LogP contribution in [0.2, 0.25) is 0 Å². The number of aromatic hydroxyl groups is 1. The molecule has 0 bridgehead atoms. The van der Waals surface area contributed by atoms with Crippen molar-refractivity contribution < 1.29 is 78.0 Å². The summed E-state index contributed by atoms with van der Waals surface area (Å²) < 4.78 is 0. The number of aromatic nitrogens is 3. The van der Waals surface area contributed by atoms with E-state index in [0.717, 1.165) is 17.8 Å². The Bertz CT molecular complexity index is 3550. The lowest BCUT2D eigenvalue weighted by Gasteiger charge is -2.28. The van der Waals surface area contributed by atoms with E-state index in [0.29, 0.717) is 42.5 Å². The number of benzene rings is 3. The topological polar surface area (TPSA) is 567 Å². The third-order valence-corrected chi connectivity index (χ3v) is 15.6. The van der Waals surface area contributed by atoms with E-state index in [1.54, 1.807) is 55.6 Å². The zero-order valence-corrected chi connectivity index (χ0v) is 54.9. The van der Waals surface area contributed by atoms with Crippen molar-refractivity contribution in [3.05, 3.63) is 120 Å². The van der Waals surface area contributed by atoms with Gasteiger partial charge in [-0.1, -0.05) is 80.4 Å². The van der Waals surface area contributed by atoms with E-state index in [4.69, 9.17) is 22.9 Å². The fourth-order valence-corrected chi connectivity index (χ4v) is 10.4. The minimum atomic E-state index is -1.98. The van der Waals surface area contributed by atoms with Crippen molar-refractivity contribution in [2.24, 2.45) is 27.9 Å². The van der Waals surface area contributed by atoms with Gasteiger partial charge in [0.1, 0.15) is 66.2 Å². The number of para-hydroxylation sites is 1. The summed E-state index contributed by atoms with van der Waals surface area (Å²) in [5.74, 6) is -12.7. The van der Waals surface area contributed by atoms with Gasteiger partial charge in [0.2, 0.25) is 65.0 Å². The summed E-state index contributed by atoms with van der Waals surface area (Å²) in [4.78, 5) is 180. The highest BCUT2D eigenvalue weighted by atomic mass is 16.4. The molecule has 0 saturated carbocycles. The molecule has 0 unspecified atom stereocenters. The Kier molecular flexibility index (Phi) is 32.2. The fraction of sp³-hybridized carbons (Fsp3) is 0.446. The minimum absolute atomic E-state index is 0.0167. The summed E-state index contributed by atoms with van der Waals surface area (Å²) in [5, 5.41) is 66.0. The van der Waals surface area contributed by atoms with Crippen molar-refractivity contribution in [1.82, 2.24) is 68.1 Å². The van der Waals surface area contributed by atoms with Crippen LogP contribution in [0.1, 0.15) is 94.0 Å². The summed E-state index contributed by atoms with van der Waals surface area (Å²) in [6, 6.07) is 5.34. The number of fused-ring (bicyclic) bond motifs is 1. The lowest BCUT2D eigenvalue weighted by molar-refractivity contribution is -0.141. The first kappa shape index (κ1) is 78.7. The van der Waals surface area contributed by atoms with Gasteiger partial charge >= 0.3 is 5.97 Å². The van der Waals surface area contributed by atoms with Gasteiger partial charge in [0.15, 0.2) is 5.96 Å². The highest BCUT2D eigenvalue weighted by molar-refractivity contribution is 6.00. The summed E-state index contributed by atoms with van der Waals surface area (Å²) >= 11 is 0. The average molecular weight is 1380 g/mol. The van der Waals surface area contributed by atoms with Crippen molar-refractivity contribution in [1.29, 1.82) is 0 Å². The first-order valence-corrected chi connectivity index (χ1v) is 32.2. The van der Waals surface area contributed by atoms with Gasteiger partial charge in [-0.05, 0) is 80.0 Å². The molecule has 34 nitrogen and oxygen atoms in total. The second-order valence-corrected chi connectivity index (χ2v) is 23.4. The van der Waals surface area contributed by atoms with E-state index in [-0.39, 0.29) is 81.7 Å². The number of guanidine groups is 1. The van der Waals surface area contributed by atoms with Gasteiger partial charge in [0.05, 0.1) is 26.0 Å². The number of nitrogens with zero attached hydrogens (tertiary/aromatic N) is 2. The average Bonchev–Trinajstić information content (AvgIpc) is 1.73. The number of phenolic OH excluding ortho intramolecular Hbond substituents is 1. The number of phenols is 1. The molecule has 0 aliphatic carbocycles. The number of primary amides is 1. The molecule has 5 aromatic rings. The van der Waals surface area contributed by atoms with Crippen molar-refractivity contribution in [2.75, 3.05) is 26.3 Å². The number of aliphatic hydroxyl groups excluding tert-OH is 2. The molecule has 0 aliphatic rings. The Balaban J connectivity index is 1.41. The van der Waals surface area contributed by atoms with Crippen LogP contribution in [-0.2, 0) is 83.2 Å². The summed E-state index contributed by atoms with van der Waals surface area (Å²) in [6.07, 6.45) is 3.74. The van der Waals surface area contributed by atoms with Crippen LogP contribution >= 0.6 is 0 Å². The maximum absolute atomic E-state index is 14.9. The van der Waals surface area contributed by atoms with Gasteiger partial charge in [-0.25, -0.2) is 4.98 Å². The van der Waals surface area contributed by atoms with E-state index < -0.39 is 151 Å². The van der Waals surface area contributed by atoms with E-state index >= 15 is 0 Å². The van der Waals surface area contributed by atoms with Crippen molar-refractivity contribution in [3.8, 4) is 5.75 Å². The lowest BCUT2D eigenvalue weighted by Crippen LogP contribution is -2.61. The van der Waals surface area contributed by atoms with Gasteiger partial charge in [0.25, 0.3) is 0 Å². The van der Waals surface area contributed by atoms with Gasteiger partial charge < -0.3 is 106 Å². The number of aromatic amines is 2. The number of carbonyl (C=O) groups excluding carboxylic acids is 11. The van der Waals surface area contributed by atoms with Crippen LogP contribution in [0, 0.1) is 0 Å². The number of unbranched alkanes of at least 4 members (excludes halogenated alkanes) is 2. The van der Waals surface area contributed by atoms with E-state index in [1.807, 2.05) is 12.1 Å². The van der Waals surface area contributed by atoms with Crippen LogP contribution in [0.5, 0.6) is 5.75 Å². The number of hydrogen-bond acceptors (Lipinski definition) is 18. The van der Waals surface area contributed by atoms with Crippen molar-refractivity contribution in [2.45, 2.75) is 158 Å². The van der Waals surface area contributed by atoms with Crippen LogP contribution in [0.15, 0.2) is 103 Å². The number of hydrogen-bond donors (Lipinski definition) is 20. The van der Waals surface area contributed by atoms with Crippen LogP contribution in [0.25, 0.3) is 10.9 Å². The molecule has 0 saturated heterocycles. The Morgan fingerprint density at radius 3 is 1.47 bits per heavy atom. The largest absolute Gasteiger partial charge is 0.508 e. The van der Waals surface area contributed by atoms with Gasteiger partial charge in [-0.2, -0.15) is 0 Å². The van der Waals surface area contributed by atoms with Crippen LogP contribution in [0.3, 0.4) is 0 Å². The second kappa shape index (κ2) is 40.5. The molecule has 536 valence electrons. The number of aliphatic hydroxyl groups is 2. The lowest BCUT2D eigenvalue weighted by atomic mass is 10.0. The van der Waals surface area contributed by atoms with Gasteiger partial charge in [0, 0.05) is 68.1 Å². The zero-order valence-electron chi connectivity index (χ0n) is 54.9. The Hall–Kier alpha value is -11.0. The predicted octanol–water partition coefficient (Wildman–Crippen LogP) is -3.95. The molecular formula is C65H90N18O16. The number of aliphatic imine (C=N–C) groups is 1. The highest BCUT2D eigenvalue weighted by Gasteiger charge is 2.37. The number of amides is 11. The molecule has 0 radical (unpaired) electrons. The van der Waals surface area contributed by atoms with Crippen LogP contribution < -0.4 is 76.1 Å². The first-order chi connectivity index (χ1) is 47.3. The third-order valence-electron chi connectivity index (χ3n) is 15.6. The van der Waals surface area contributed by atoms with Crippen LogP contribution in [-0.4, -0.2) is 199 Å². The summed E-state index contributed by atoms with van der Waals surface area (Å²) in [6.45, 7) is 1.19. The Morgan fingerprint density at radius 1 is 0.505 bits per heavy atom. The number of carboxylic acid groups (broad SMARTS) is 1. The molecule has 34 heteroatoms. The number of imidazole rings is 1. The standard InChI is InChI=1S/C65H90N18O16/c1-3-4-16-45(77-64(99)53(34-85)83-59(94)48(27-38-20-22-41(87)23-21-38)79-63(98)52(33-84)74-36(2)86)56(91)82-51(30-54(88)89)62(97)81-50(29-40-32-70-35-73-40)61(96)78-47(26-37-13-6-5-7-14-37)58(93)76-46(19-12-25-71-65(68)69)57(92)80-49(28-39-31-72-43-17-9-8-15-42(39)43)60(95)75-44(55(67)90)18-10-11-24-66/h5-9,13-15,17,20-23,31-32,35,44-53,72,84-85,87H,3-4,10-12,16,18-19,24-30,33-34,66H2,1-2H3,(H2,67,90)(H,70,73)(H,74,86)(H,75,95)(H,76,93)(H,77,99)(H,78,96)(H,79,98)(H,80,92)(H,81,97)(H,82,91)(H,83,94)(H,88,89)(H4,68,69,71)/t44-,45-,46-,47+,48-,49-,50-,51-,52-,53-/m0/s1. The molecule has 3 aromatic carbocycles. The van der Waals surface area contributed by atoms with Crippen LogP contribution in [0.4, 0.5) is 0 Å². The van der Waals surface area contributed by atoms with Crippen molar-refractivity contribution >= 4 is 87.8 Å². The molecule has 2 heterocycles. The summed E-state index contributed by atoms with van der Waals surface area (Å²) in [5.41, 5.74) is 25.1. The molecular weight excluding hydrogens is 1290 g/mol. The summed E-state index contributed by atoms with van der Waals surface area (Å²) in [7, 11) is 0. The molecule has 99 heavy (non-hydrogen) atoms. The number of aliphatic carboxylic acids is 1. The highest BCUT2D eigenvalue weighted by Crippen LogP contribution is 2.20. The molecule has 2 aromatic heterocycles. The predicted molar refractivity (Wildman–Crippen MR) is 359 cm³/mol. The SMILES string of the molecule is CCCC[C@H](NC(=O)[C@H](CO)NC(=O)[C@H](Cc1ccc(O)cc1)NC(=O)[C@H](CO)NC(C)=O)C(=O)N[C@@H](CC(=O)O)C(=O)N[C@@H](Cc1cnc[nH]1)C(=O)N[C@H](Cc1ccccc1)C(=O)N[C@@H](CCCN=C(N)N)C(=O)N[C@@H](Cc1c[nH]c2ccccc12)C(=O)N[C@@H](CCCCN)C(N)=O. The third kappa shape index (κ3) is 26.5. The maximum Gasteiger partial charge on any atom is 0.305 e. The molecule has 24 N–H and O–H groups in total. The number of H-pyrrole nitrogens is 2. The molecule has 5 rings (SSSR count). The minimum Gasteiger partial charge on any atom is -0.508 e. The quantitative estimate of drug-likeness (QED) is 0.0101. The Labute approximate surface area is 569 Å². The number of nitrogens with two attached hydrogens (primary N) is 4. The maximum atomic E-state index is 14.9. The molecule has 10 atom stereocenters. The number of nitrogens with one attached hydrogen (secondary N) is 12. The molecule has 11 amide bonds. The number of carbonyl (C=O) groups is 12. The molecule has 0 spiro atoms. The smallest absolute Gasteiger partial charge is 0.305 e. The molecule has 0 aliphatic heterocycles. The van der Waals surface area contributed by atoms with E-state index in [2.05, 4.69) is 73.1 Å². The van der Waals surface area contributed by atoms with Crippen molar-refractivity contribution in [3.63, 3.8) is 0 Å². The fourth-order valence-electron chi connectivity index (χ4n) is 10.4. The zero-order chi connectivity index (χ0) is 72.6. The van der Waals surface area contributed by atoms with E-state index in [1.165, 1.54) is 36.8 Å². The second-order valence-electron chi connectivity index (χ2n) is 23.4. The number of rotatable bonds is 43. The normalized spacial score (nSPS) is 14.1. The number of carboxylic acids is 1. The monoisotopic (exact) mass is 1380 g/mol. The van der Waals surface area contributed by atoms with Gasteiger partial charge in [-0.3, -0.25) is 62.5 Å². The van der Waals surface area contributed by atoms with Gasteiger partial charge in [-0.15, -0.1) is 0 Å². The molecule has 0 fully saturated rings. The first-order valence-electron chi connectivity index (χ1n) is 32.2. The Morgan fingerprint density at radius 2 is 0.960 bits per heavy atom. The van der Waals surface area contributed by atoms with E-state index in [9.17, 15) is 78.0 Å².